The molecule has 70 valence electrons. The molecule has 13 heavy (non-hydrogen) atoms. The first-order valence-corrected chi connectivity index (χ1v) is 5.51. The third kappa shape index (κ3) is 3.53. The maximum absolute atomic E-state index is 3.76. The van der Waals surface area contributed by atoms with Gasteiger partial charge in [-0.15, -0.1) is 0 Å². The summed E-state index contributed by atoms with van der Waals surface area (Å²) in [4.78, 5) is 0. The number of halogens is 2. The number of nitrogens with one attached hydrogen (secondary N) is 1. The molecule has 0 amide bonds. The van der Waals surface area contributed by atoms with Crippen molar-refractivity contribution in [2.45, 2.75) is 6.92 Å². The number of rotatable bonds is 3. The van der Waals surface area contributed by atoms with Gasteiger partial charge in [-0.05, 0) is 30.7 Å². The minimum Gasteiger partial charge on any atom is -0.380 e. The van der Waals surface area contributed by atoms with Crippen molar-refractivity contribution in [3.63, 3.8) is 0 Å². The first-order valence-electron chi connectivity index (χ1n) is 3.93. The van der Waals surface area contributed by atoms with Crippen LogP contribution in [0.4, 0.5) is 5.69 Å². The lowest BCUT2D eigenvalue weighted by atomic mass is 10.2. The highest BCUT2D eigenvalue weighted by Crippen LogP contribution is 2.20. The SMILES string of the molecule is C=C(Br)CNc1ccc(Br)c(C)c1. The smallest absolute Gasteiger partial charge is 0.0460 e. The molecule has 0 aliphatic carbocycles. The number of aryl methyl sites for hydroxylation is 1. The van der Waals surface area contributed by atoms with E-state index >= 15 is 0 Å². The molecule has 0 saturated heterocycles. The summed E-state index contributed by atoms with van der Waals surface area (Å²) in [6.45, 7) is 6.57. The zero-order valence-electron chi connectivity index (χ0n) is 7.40. The largest absolute Gasteiger partial charge is 0.380 e. The molecule has 0 fully saturated rings. The molecule has 0 heterocycles. The lowest BCUT2D eigenvalue weighted by Gasteiger charge is -2.06. The van der Waals surface area contributed by atoms with Gasteiger partial charge in [0.1, 0.15) is 0 Å². The molecule has 0 aliphatic rings. The minimum absolute atomic E-state index is 0.751. The molecular weight excluding hydrogens is 294 g/mol. The zero-order valence-corrected chi connectivity index (χ0v) is 10.6. The average molecular weight is 305 g/mol. The van der Waals surface area contributed by atoms with Gasteiger partial charge in [0, 0.05) is 21.2 Å². The molecule has 0 atom stereocenters. The van der Waals surface area contributed by atoms with Crippen LogP contribution in [0.15, 0.2) is 33.7 Å². The van der Waals surface area contributed by atoms with Crippen molar-refractivity contribution in [1.29, 1.82) is 0 Å². The number of benzene rings is 1. The first kappa shape index (κ1) is 10.8. The van der Waals surface area contributed by atoms with Crippen molar-refractivity contribution >= 4 is 37.5 Å². The van der Waals surface area contributed by atoms with Gasteiger partial charge in [0.2, 0.25) is 0 Å². The molecule has 3 heteroatoms. The van der Waals surface area contributed by atoms with Crippen LogP contribution in [0.5, 0.6) is 0 Å². The van der Waals surface area contributed by atoms with Crippen LogP contribution >= 0.6 is 31.9 Å². The van der Waals surface area contributed by atoms with Crippen molar-refractivity contribution < 1.29 is 0 Å². The minimum atomic E-state index is 0.751. The third-order valence-corrected chi connectivity index (χ3v) is 2.81. The van der Waals surface area contributed by atoms with Gasteiger partial charge in [0.05, 0.1) is 0 Å². The van der Waals surface area contributed by atoms with Crippen LogP contribution in [0.1, 0.15) is 5.56 Å². The zero-order chi connectivity index (χ0) is 9.84. The van der Waals surface area contributed by atoms with Gasteiger partial charge in [-0.1, -0.05) is 38.4 Å². The van der Waals surface area contributed by atoms with Crippen molar-refractivity contribution in [2.75, 3.05) is 11.9 Å². The summed E-state index contributed by atoms with van der Waals surface area (Å²) < 4.78 is 2.09. The molecule has 1 aromatic rings. The Bertz CT molecular complexity index is 321. The Labute approximate surface area is 95.5 Å². The van der Waals surface area contributed by atoms with Crippen molar-refractivity contribution in [3.05, 3.63) is 39.3 Å². The summed E-state index contributed by atoms with van der Waals surface area (Å²) in [5, 5.41) is 3.24. The van der Waals surface area contributed by atoms with E-state index in [1.165, 1.54) is 5.56 Å². The monoisotopic (exact) mass is 303 g/mol. The molecule has 0 radical (unpaired) electrons. The predicted molar refractivity (Wildman–Crippen MR) is 65.4 cm³/mol. The molecule has 0 aromatic heterocycles. The van der Waals surface area contributed by atoms with Crippen molar-refractivity contribution in [2.24, 2.45) is 0 Å². The quantitative estimate of drug-likeness (QED) is 0.887. The van der Waals surface area contributed by atoms with Gasteiger partial charge >= 0.3 is 0 Å². The lowest BCUT2D eigenvalue weighted by molar-refractivity contribution is 1.31. The second-order valence-corrected chi connectivity index (χ2v) is 4.81. The maximum atomic E-state index is 3.76. The Morgan fingerprint density at radius 2 is 2.23 bits per heavy atom. The maximum Gasteiger partial charge on any atom is 0.0460 e. The van der Waals surface area contributed by atoms with Gasteiger partial charge in [-0.25, -0.2) is 0 Å². The highest BCUT2D eigenvalue weighted by atomic mass is 79.9. The molecule has 0 spiro atoms. The van der Waals surface area contributed by atoms with Crippen molar-refractivity contribution in [1.82, 2.24) is 0 Å². The molecule has 0 saturated carbocycles. The fraction of sp³-hybridized carbons (Fsp3) is 0.200. The number of anilines is 1. The predicted octanol–water partition coefficient (Wildman–Crippen LogP) is 4.08. The third-order valence-electron chi connectivity index (χ3n) is 1.64. The van der Waals surface area contributed by atoms with E-state index in [9.17, 15) is 0 Å². The van der Waals surface area contributed by atoms with E-state index in [-0.39, 0.29) is 0 Å². The van der Waals surface area contributed by atoms with Gasteiger partial charge in [-0.2, -0.15) is 0 Å². The van der Waals surface area contributed by atoms with Gasteiger partial charge in [0.15, 0.2) is 0 Å². The molecule has 1 rings (SSSR count). The van der Waals surface area contributed by atoms with Crippen LogP contribution in [-0.4, -0.2) is 6.54 Å². The van der Waals surface area contributed by atoms with E-state index in [1.54, 1.807) is 0 Å². The van der Waals surface area contributed by atoms with E-state index in [1.807, 2.05) is 12.1 Å². The van der Waals surface area contributed by atoms with E-state index in [2.05, 4.69) is 56.7 Å². The average Bonchev–Trinajstić information content (AvgIpc) is 2.07. The van der Waals surface area contributed by atoms with Crippen LogP contribution in [0.3, 0.4) is 0 Å². The summed E-state index contributed by atoms with van der Waals surface area (Å²) in [5.74, 6) is 0. The molecule has 1 aromatic carbocycles. The molecular formula is C10H11Br2N. The summed E-state index contributed by atoms with van der Waals surface area (Å²) in [6, 6.07) is 6.17. The van der Waals surface area contributed by atoms with Crippen LogP contribution in [0, 0.1) is 6.92 Å². The fourth-order valence-electron chi connectivity index (χ4n) is 0.953. The Morgan fingerprint density at radius 3 is 2.77 bits per heavy atom. The summed E-state index contributed by atoms with van der Waals surface area (Å²) in [7, 11) is 0. The molecule has 1 nitrogen and oxygen atoms in total. The summed E-state index contributed by atoms with van der Waals surface area (Å²) >= 11 is 6.75. The molecule has 1 N–H and O–H groups in total. The normalized spacial score (nSPS) is 9.77. The Morgan fingerprint density at radius 1 is 1.54 bits per heavy atom. The number of hydrogen-bond acceptors (Lipinski definition) is 1. The lowest BCUT2D eigenvalue weighted by Crippen LogP contribution is -2.00. The van der Waals surface area contributed by atoms with Crippen LogP contribution in [-0.2, 0) is 0 Å². The standard InChI is InChI=1S/C10H11Br2N/c1-7-5-9(3-4-10(7)12)13-6-8(2)11/h3-5,13H,2,6H2,1H3. The molecule has 0 unspecified atom stereocenters. The molecule has 0 bridgehead atoms. The van der Waals surface area contributed by atoms with Gasteiger partial charge < -0.3 is 5.32 Å². The fourth-order valence-corrected chi connectivity index (χ4v) is 1.34. The highest BCUT2D eigenvalue weighted by Gasteiger charge is 1.96. The van der Waals surface area contributed by atoms with Crippen molar-refractivity contribution in [3.8, 4) is 0 Å². The van der Waals surface area contributed by atoms with E-state index in [0.717, 1.165) is 21.2 Å². The topological polar surface area (TPSA) is 12.0 Å². The van der Waals surface area contributed by atoms with Crippen LogP contribution < -0.4 is 5.32 Å². The first-order chi connectivity index (χ1) is 6.09. The Hall–Kier alpha value is -0.280. The van der Waals surface area contributed by atoms with E-state index < -0.39 is 0 Å². The molecule has 0 aliphatic heterocycles. The summed E-state index contributed by atoms with van der Waals surface area (Å²) in [6.07, 6.45) is 0. The summed E-state index contributed by atoms with van der Waals surface area (Å²) in [5.41, 5.74) is 2.34. The second-order valence-electron chi connectivity index (χ2n) is 2.83. The van der Waals surface area contributed by atoms with Gasteiger partial charge in [-0.3, -0.25) is 0 Å². The van der Waals surface area contributed by atoms with Gasteiger partial charge in [0.25, 0.3) is 0 Å². The van der Waals surface area contributed by atoms with Crippen LogP contribution in [0.25, 0.3) is 0 Å². The second kappa shape index (κ2) is 4.82. The Balaban J connectivity index is 2.68. The Kier molecular flexibility index (Phi) is 4.00. The van der Waals surface area contributed by atoms with E-state index in [0.29, 0.717) is 0 Å². The number of hydrogen-bond donors (Lipinski definition) is 1. The highest BCUT2D eigenvalue weighted by molar-refractivity contribution is 9.11. The van der Waals surface area contributed by atoms with E-state index in [4.69, 9.17) is 0 Å². The van der Waals surface area contributed by atoms with Crippen LogP contribution in [0.2, 0.25) is 0 Å².